The molecule has 114 valence electrons. The Balaban J connectivity index is 2.27. The lowest BCUT2D eigenvalue weighted by molar-refractivity contribution is 0.221. The zero-order valence-corrected chi connectivity index (χ0v) is 13.6. The summed E-state index contributed by atoms with van der Waals surface area (Å²) >= 11 is 1.52. The molecule has 2 rings (SSSR count). The lowest BCUT2D eigenvalue weighted by Gasteiger charge is -2.14. The van der Waals surface area contributed by atoms with Gasteiger partial charge in [-0.25, -0.2) is 9.37 Å². The van der Waals surface area contributed by atoms with Crippen molar-refractivity contribution in [1.29, 1.82) is 0 Å². The average molecular weight is 307 g/mol. The van der Waals surface area contributed by atoms with E-state index in [9.17, 15) is 9.50 Å². The molecule has 0 saturated heterocycles. The van der Waals surface area contributed by atoms with Crippen molar-refractivity contribution in [2.45, 2.75) is 52.3 Å². The number of rotatable bonds is 6. The molecular weight excluding hydrogens is 285 g/mol. The molecule has 0 fully saturated rings. The van der Waals surface area contributed by atoms with Crippen LogP contribution in [0.3, 0.4) is 0 Å². The summed E-state index contributed by atoms with van der Waals surface area (Å²) in [5.41, 5.74) is 1.31. The molecule has 1 heterocycles. The molecule has 0 bridgehead atoms. The third-order valence-electron chi connectivity index (χ3n) is 3.51. The van der Waals surface area contributed by atoms with Crippen molar-refractivity contribution in [2.75, 3.05) is 0 Å². The van der Waals surface area contributed by atoms with Crippen LogP contribution in [0.15, 0.2) is 24.3 Å². The van der Waals surface area contributed by atoms with Crippen LogP contribution in [0.4, 0.5) is 4.39 Å². The van der Waals surface area contributed by atoms with Crippen LogP contribution in [0.25, 0.3) is 10.6 Å². The van der Waals surface area contributed by atoms with E-state index in [0.29, 0.717) is 5.56 Å². The van der Waals surface area contributed by atoms with Gasteiger partial charge in [0.05, 0.1) is 17.2 Å². The van der Waals surface area contributed by atoms with Gasteiger partial charge in [-0.3, -0.25) is 0 Å². The summed E-state index contributed by atoms with van der Waals surface area (Å²) in [7, 11) is 0. The SMILES string of the molecule is CCCCc1nc(-c2ccc(C(C)(C)F)cc2)sc1CO. The first-order valence-electron chi connectivity index (χ1n) is 7.35. The molecule has 0 amide bonds. The Labute approximate surface area is 129 Å². The van der Waals surface area contributed by atoms with Crippen LogP contribution in [0, 0.1) is 0 Å². The number of aliphatic hydroxyl groups excluding tert-OH is 1. The zero-order chi connectivity index (χ0) is 15.5. The van der Waals surface area contributed by atoms with E-state index in [0.717, 1.165) is 40.4 Å². The predicted molar refractivity (Wildman–Crippen MR) is 86.2 cm³/mol. The van der Waals surface area contributed by atoms with Gasteiger partial charge in [0.1, 0.15) is 10.7 Å². The van der Waals surface area contributed by atoms with Crippen LogP contribution in [0.1, 0.15) is 49.7 Å². The van der Waals surface area contributed by atoms with Crippen LogP contribution < -0.4 is 0 Å². The second kappa shape index (κ2) is 6.67. The van der Waals surface area contributed by atoms with Gasteiger partial charge in [-0.2, -0.15) is 0 Å². The smallest absolute Gasteiger partial charge is 0.130 e. The van der Waals surface area contributed by atoms with Crippen molar-refractivity contribution in [1.82, 2.24) is 4.98 Å². The highest BCUT2D eigenvalue weighted by atomic mass is 32.1. The summed E-state index contributed by atoms with van der Waals surface area (Å²) in [6, 6.07) is 7.42. The van der Waals surface area contributed by atoms with Gasteiger partial charge >= 0.3 is 0 Å². The van der Waals surface area contributed by atoms with E-state index in [1.807, 2.05) is 12.1 Å². The molecule has 0 saturated carbocycles. The van der Waals surface area contributed by atoms with Crippen LogP contribution in [-0.4, -0.2) is 10.1 Å². The molecule has 2 aromatic rings. The van der Waals surface area contributed by atoms with Crippen LogP contribution in [0.2, 0.25) is 0 Å². The van der Waals surface area contributed by atoms with Gasteiger partial charge < -0.3 is 5.11 Å². The fraction of sp³-hybridized carbons (Fsp3) is 0.471. The van der Waals surface area contributed by atoms with Crippen molar-refractivity contribution in [3.8, 4) is 10.6 Å². The molecule has 21 heavy (non-hydrogen) atoms. The third kappa shape index (κ3) is 3.89. The van der Waals surface area contributed by atoms with Crippen molar-refractivity contribution < 1.29 is 9.50 Å². The molecule has 0 aliphatic heterocycles. The first-order valence-corrected chi connectivity index (χ1v) is 8.16. The summed E-state index contributed by atoms with van der Waals surface area (Å²) in [4.78, 5) is 5.58. The van der Waals surface area contributed by atoms with Gasteiger partial charge in [-0.15, -0.1) is 11.3 Å². The largest absolute Gasteiger partial charge is 0.391 e. The van der Waals surface area contributed by atoms with Gasteiger partial charge in [0.15, 0.2) is 0 Å². The standard InChI is InChI=1S/C17H22FNOS/c1-4-5-6-14-15(11-20)21-16(19-14)12-7-9-13(10-8-12)17(2,3)18/h7-10,20H,4-6,11H2,1-3H3. The fourth-order valence-electron chi connectivity index (χ4n) is 2.18. The lowest BCUT2D eigenvalue weighted by atomic mass is 9.99. The summed E-state index contributed by atoms with van der Waals surface area (Å²) in [5.74, 6) is 0. The molecule has 1 aromatic carbocycles. The number of benzene rings is 1. The normalized spacial score (nSPS) is 11.9. The zero-order valence-electron chi connectivity index (χ0n) is 12.8. The highest BCUT2D eigenvalue weighted by molar-refractivity contribution is 7.15. The van der Waals surface area contributed by atoms with Gasteiger partial charge in [0.2, 0.25) is 0 Å². The van der Waals surface area contributed by atoms with E-state index in [2.05, 4.69) is 11.9 Å². The number of nitrogens with zero attached hydrogens (tertiary/aromatic N) is 1. The molecule has 2 nitrogen and oxygen atoms in total. The van der Waals surface area contributed by atoms with Gasteiger partial charge in [0, 0.05) is 5.56 Å². The molecule has 1 N–H and O–H groups in total. The summed E-state index contributed by atoms with van der Waals surface area (Å²) < 4.78 is 13.9. The Hall–Kier alpha value is -1.26. The maximum atomic E-state index is 13.9. The Morgan fingerprint density at radius 1 is 1.24 bits per heavy atom. The molecule has 1 aromatic heterocycles. The maximum absolute atomic E-state index is 13.9. The van der Waals surface area contributed by atoms with Crippen LogP contribution >= 0.6 is 11.3 Å². The summed E-state index contributed by atoms with van der Waals surface area (Å²) in [6.45, 7) is 5.28. The summed E-state index contributed by atoms with van der Waals surface area (Å²) in [5, 5.41) is 10.3. The van der Waals surface area contributed by atoms with E-state index >= 15 is 0 Å². The molecule has 0 aliphatic carbocycles. The molecule has 0 aliphatic rings. The Kier molecular flexibility index (Phi) is 5.12. The van der Waals surface area contributed by atoms with E-state index in [4.69, 9.17) is 0 Å². The fourth-order valence-corrected chi connectivity index (χ4v) is 3.15. The second-order valence-corrected chi connectivity index (χ2v) is 6.78. The Bertz CT molecular complexity index is 584. The number of halogens is 1. The monoisotopic (exact) mass is 307 g/mol. The Morgan fingerprint density at radius 2 is 1.90 bits per heavy atom. The van der Waals surface area contributed by atoms with Crippen molar-refractivity contribution >= 4 is 11.3 Å². The van der Waals surface area contributed by atoms with Crippen molar-refractivity contribution in [3.63, 3.8) is 0 Å². The maximum Gasteiger partial charge on any atom is 0.130 e. The highest BCUT2D eigenvalue weighted by Gasteiger charge is 2.19. The number of aromatic nitrogens is 1. The molecule has 0 atom stereocenters. The lowest BCUT2D eigenvalue weighted by Crippen LogP contribution is -2.08. The van der Waals surface area contributed by atoms with Crippen molar-refractivity contribution in [2.24, 2.45) is 0 Å². The van der Waals surface area contributed by atoms with Gasteiger partial charge in [-0.1, -0.05) is 37.6 Å². The third-order valence-corrected chi connectivity index (χ3v) is 4.64. The van der Waals surface area contributed by atoms with E-state index in [-0.39, 0.29) is 6.61 Å². The molecule has 4 heteroatoms. The number of thiazole rings is 1. The first-order chi connectivity index (χ1) is 9.95. The second-order valence-electron chi connectivity index (χ2n) is 5.70. The van der Waals surface area contributed by atoms with E-state index in [1.54, 1.807) is 26.0 Å². The minimum atomic E-state index is -1.33. The number of hydrogen-bond donors (Lipinski definition) is 1. The predicted octanol–water partition coefficient (Wildman–Crippen LogP) is 4.85. The number of unbranched alkanes of at least 4 members (excludes halogenated alkanes) is 1. The molecule has 0 unspecified atom stereocenters. The number of hydrogen-bond acceptors (Lipinski definition) is 3. The number of aryl methyl sites for hydroxylation is 1. The number of aliphatic hydroxyl groups is 1. The highest BCUT2D eigenvalue weighted by Crippen LogP contribution is 2.31. The molecule has 0 spiro atoms. The number of alkyl halides is 1. The van der Waals surface area contributed by atoms with Crippen LogP contribution in [0.5, 0.6) is 0 Å². The van der Waals surface area contributed by atoms with E-state index < -0.39 is 5.67 Å². The first kappa shape index (κ1) is 16.1. The van der Waals surface area contributed by atoms with Crippen LogP contribution in [-0.2, 0) is 18.7 Å². The molecule has 0 radical (unpaired) electrons. The minimum absolute atomic E-state index is 0.0340. The van der Waals surface area contributed by atoms with Gasteiger partial charge in [-0.05, 0) is 32.3 Å². The van der Waals surface area contributed by atoms with Crippen molar-refractivity contribution in [3.05, 3.63) is 40.4 Å². The Morgan fingerprint density at radius 3 is 2.43 bits per heavy atom. The molecular formula is C17H22FNOS. The summed E-state index contributed by atoms with van der Waals surface area (Å²) in [6.07, 6.45) is 3.08. The average Bonchev–Trinajstić information content (AvgIpc) is 2.87. The van der Waals surface area contributed by atoms with E-state index in [1.165, 1.54) is 11.3 Å². The van der Waals surface area contributed by atoms with Gasteiger partial charge in [0.25, 0.3) is 0 Å². The quantitative estimate of drug-likeness (QED) is 0.827. The minimum Gasteiger partial charge on any atom is -0.391 e. The topological polar surface area (TPSA) is 33.1 Å².